The number of halogens is 2. The van der Waals surface area contributed by atoms with Crippen LogP contribution in [0.15, 0.2) is 23.1 Å². The van der Waals surface area contributed by atoms with E-state index < -0.39 is 21.7 Å². The van der Waals surface area contributed by atoms with Crippen molar-refractivity contribution in [1.82, 2.24) is 10.0 Å². The van der Waals surface area contributed by atoms with Crippen LogP contribution in [0.5, 0.6) is 0 Å². The fraction of sp³-hybridized carbons (Fsp3) is 0.562. The molecule has 0 aliphatic heterocycles. The SMILES string of the molecule is CCCCCC(C)NC(=O)CCNS(=O)(=O)c1ccc(F)c(F)c1. The molecule has 0 aromatic heterocycles. The maximum absolute atomic E-state index is 13.1. The minimum atomic E-state index is -3.98. The number of rotatable bonds is 10. The summed E-state index contributed by atoms with van der Waals surface area (Å²) in [4.78, 5) is 11.4. The number of hydrogen-bond acceptors (Lipinski definition) is 3. The molecular weight excluding hydrogens is 338 g/mol. The Hall–Kier alpha value is -1.54. The molecular formula is C16H24F2N2O3S. The lowest BCUT2D eigenvalue weighted by Crippen LogP contribution is -2.35. The Morgan fingerprint density at radius 1 is 1.21 bits per heavy atom. The Balaban J connectivity index is 2.42. The molecule has 1 unspecified atom stereocenters. The van der Waals surface area contributed by atoms with Gasteiger partial charge in [-0.15, -0.1) is 0 Å². The second-order valence-electron chi connectivity index (χ2n) is 5.69. The van der Waals surface area contributed by atoms with Gasteiger partial charge in [0.25, 0.3) is 0 Å². The lowest BCUT2D eigenvalue weighted by Gasteiger charge is -2.14. The van der Waals surface area contributed by atoms with Gasteiger partial charge in [-0.2, -0.15) is 0 Å². The van der Waals surface area contributed by atoms with Crippen molar-refractivity contribution in [2.24, 2.45) is 0 Å². The summed E-state index contributed by atoms with van der Waals surface area (Å²) in [6.45, 7) is 3.89. The Labute approximate surface area is 141 Å². The van der Waals surface area contributed by atoms with E-state index in [1.54, 1.807) is 0 Å². The first kappa shape index (κ1) is 20.5. The van der Waals surface area contributed by atoms with Gasteiger partial charge in [0.05, 0.1) is 4.90 Å². The van der Waals surface area contributed by atoms with Crippen LogP contribution in [0.1, 0.15) is 46.0 Å². The van der Waals surface area contributed by atoms with Crippen molar-refractivity contribution in [3.63, 3.8) is 0 Å². The predicted octanol–water partition coefficient (Wildman–Crippen LogP) is 2.72. The second kappa shape index (κ2) is 9.68. The standard InChI is InChI=1S/C16H24F2N2O3S/c1-3-4-5-6-12(2)20-16(21)9-10-19-24(22,23)13-7-8-14(17)15(18)11-13/h7-8,11-12,19H,3-6,9-10H2,1-2H3,(H,20,21). The highest BCUT2D eigenvalue weighted by Crippen LogP contribution is 2.13. The van der Waals surface area contributed by atoms with Crippen LogP contribution in [0.25, 0.3) is 0 Å². The van der Waals surface area contributed by atoms with Gasteiger partial charge in [-0.1, -0.05) is 26.2 Å². The molecule has 1 atom stereocenters. The number of carbonyl (C=O) groups is 1. The molecule has 24 heavy (non-hydrogen) atoms. The summed E-state index contributed by atoms with van der Waals surface area (Å²) >= 11 is 0. The van der Waals surface area contributed by atoms with Gasteiger partial charge >= 0.3 is 0 Å². The molecule has 0 heterocycles. The molecule has 2 N–H and O–H groups in total. The third-order valence-corrected chi connectivity index (χ3v) is 4.95. The largest absolute Gasteiger partial charge is 0.354 e. The van der Waals surface area contributed by atoms with E-state index in [0.29, 0.717) is 6.07 Å². The van der Waals surface area contributed by atoms with Crippen LogP contribution < -0.4 is 10.0 Å². The number of benzene rings is 1. The summed E-state index contributed by atoms with van der Waals surface area (Å²) in [5, 5.41) is 2.80. The molecule has 0 saturated heterocycles. The number of sulfonamides is 1. The van der Waals surface area contributed by atoms with Gasteiger partial charge in [0.2, 0.25) is 15.9 Å². The second-order valence-corrected chi connectivity index (χ2v) is 7.45. The van der Waals surface area contributed by atoms with Crippen molar-refractivity contribution in [2.75, 3.05) is 6.54 Å². The highest BCUT2D eigenvalue weighted by molar-refractivity contribution is 7.89. The number of carbonyl (C=O) groups excluding carboxylic acids is 1. The van der Waals surface area contributed by atoms with Crippen molar-refractivity contribution < 1.29 is 22.0 Å². The van der Waals surface area contributed by atoms with Gasteiger partial charge < -0.3 is 5.32 Å². The van der Waals surface area contributed by atoms with E-state index in [2.05, 4.69) is 17.0 Å². The van der Waals surface area contributed by atoms with Crippen molar-refractivity contribution >= 4 is 15.9 Å². The average molecular weight is 362 g/mol. The van der Waals surface area contributed by atoms with Gasteiger partial charge in [0.15, 0.2) is 11.6 Å². The molecule has 5 nitrogen and oxygen atoms in total. The van der Waals surface area contributed by atoms with E-state index in [1.165, 1.54) is 0 Å². The lowest BCUT2D eigenvalue weighted by molar-refractivity contribution is -0.121. The minimum absolute atomic E-state index is 0.0268. The Kier molecular flexibility index (Phi) is 8.27. The number of hydrogen-bond donors (Lipinski definition) is 2. The van der Waals surface area contributed by atoms with E-state index in [0.717, 1.165) is 37.8 Å². The van der Waals surface area contributed by atoms with Crippen LogP contribution >= 0.6 is 0 Å². The first-order valence-electron chi connectivity index (χ1n) is 8.00. The zero-order valence-corrected chi connectivity index (χ0v) is 14.8. The molecule has 1 rings (SSSR count). The van der Waals surface area contributed by atoms with Crippen molar-refractivity contribution in [2.45, 2.75) is 56.9 Å². The predicted molar refractivity (Wildman–Crippen MR) is 87.9 cm³/mol. The van der Waals surface area contributed by atoms with Gasteiger partial charge in [0, 0.05) is 19.0 Å². The summed E-state index contributed by atoms with van der Waals surface area (Å²) in [5.74, 6) is -2.62. The van der Waals surface area contributed by atoms with Gasteiger partial charge in [0.1, 0.15) is 0 Å². The zero-order chi connectivity index (χ0) is 18.2. The molecule has 136 valence electrons. The number of unbranched alkanes of at least 4 members (excludes halogenated alkanes) is 2. The van der Waals surface area contributed by atoms with Gasteiger partial charge in [-0.3, -0.25) is 4.79 Å². The highest BCUT2D eigenvalue weighted by atomic mass is 32.2. The summed E-state index contributed by atoms with van der Waals surface area (Å²) in [7, 11) is -3.98. The monoisotopic (exact) mass is 362 g/mol. The Morgan fingerprint density at radius 3 is 2.54 bits per heavy atom. The summed E-state index contributed by atoms with van der Waals surface area (Å²) in [6.07, 6.45) is 4.09. The summed E-state index contributed by atoms with van der Waals surface area (Å²) in [6, 6.07) is 2.35. The normalized spacial score (nSPS) is 12.8. The van der Waals surface area contributed by atoms with Crippen LogP contribution in [0, 0.1) is 11.6 Å². The Bertz CT molecular complexity index is 651. The molecule has 1 aromatic carbocycles. The van der Waals surface area contributed by atoms with Crippen LogP contribution in [-0.4, -0.2) is 26.9 Å². The quantitative estimate of drug-likeness (QED) is 0.629. The molecule has 0 aliphatic carbocycles. The van der Waals surface area contributed by atoms with Crippen LogP contribution in [0.2, 0.25) is 0 Å². The molecule has 0 saturated carbocycles. The van der Waals surface area contributed by atoms with E-state index in [9.17, 15) is 22.0 Å². The van der Waals surface area contributed by atoms with Crippen LogP contribution in [0.4, 0.5) is 8.78 Å². The molecule has 1 aromatic rings. The topological polar surface area (TPSA) is 75.3 Å². The zero-order valence-electron chi connectivity index (χ0n) is 13.9. The van der Waals surface area contributed by atoms with Crippen molar-refractivity contribution in [1.29, 1.82) is 0 Å². The molecule has 0 fully saturated rings. The summed E-state index contributed by atoms with van der Waals surface area (Å²) < 4.78 is 52.0. The fourth-order valence-corrected chi connectivity index (χ4v) is 3.19. The molecule has 0 spiro atoms. The third-order valence-electron chi connectivity index (χ3n) is 3.49. The molecule has 0 aliphatic rings. The van der Waals surface area contributed by atoms with Gasteiger partial charge in [-0.25, -0.2) is 21.9 Å². The van der Waals surface area contributed by atoms with E-state index in [4.69, 9.17) is 0 Å². The molecule has 0 bridgehead atoms. The molecule has 0 radical (unpaired) electrons. The summed E-state index contributed by atoms with van der Waals surface area (Å²) in [5.41, 5.74) is 0. The van der Waals surface area contributed by atoms with Gasteiger partial charge in [-0.05, 0) is 31.5 Å². The van der Waals surface area contributed by atoms with E-state index in [1.807, 2.05) is 6.92 Å². The number of amides is 1. The number of nitrogens with one attached hydrogen (secondary N) is 2. The molecule has 8 heteroatoms. The van der Waals surface area contributed by atoms with Crippen LogP contribution in [-0.2, 0) is 14.8 Å². The smallest absolute Gasteiger partial charge is 0.240 e. The first-order valence-corrected chi connectivity index (χ1v) is 9.48. The van der Waals surface area contributed by atoms with Crippen molar-refractivity contribution in [3.8, 4) is 0 Å². The van der Waals surface area contributed by atoms with Crippen molar-refractivity contribution in [3.05, 3.63) is 29.8 Å². The van der Waals surface area contributed by atoms with Crippen LogP contribution in [0.3, 0.4) is 0 Å². The average Bonchev–Trinajstić information content (AvgIpc) is 2.49. The Morgan fingerprint density at radius 2 is 1.92 bits per heavy atom. The maximum atomic E-state index is 13.1. The minimum Gasteiger partial charge on any atom is -0.354 e. The third kappa shape index (κ3) is 6.92. The lowest BCUT2D eigenvalue weighted by atomic mass is 10.1. The first-order chi connectivity index (χ1) is 11.3. The fourth-order valence-electron chi connectivity index (χ4n) is 2.15. The maximum Gasteiger partial charge on any atom is 0.240 e. The highest BCUT2D eigenvalue weighted by Gasteiger charge is 2.17. The molecule has 1 amide bonds. The van der Waals surface area contributed by atoms with E-state index in [-0.39, 0.29) is 29.8 Å². The van der Waals surface area contributed by atoms with E-state index >= 15 is 0 Å².